The zero-order valence-corrected chi connectivity index (χ0v) is 15.4. The van der Waals surface area contributed by atoms with Crippen molar-refractivity contribution in [2.75, 3.05) is 6.54 Å². The highest BCUT2D eigenvalue weighted by Crippen LogP contribution is 2.29. The molecule has 0 radical (unpaired) electrons. The molecule has 0 aliphatic carbocycles. The van der Waals surface area contributed by atoms with Crippen molar-refractivity contribution in [3.63, 3.8) is 0 Å². The number of benzene rings is 2. The van der Waals surface area contributed by atoms with Crippen LogP contribution in [0, 0.1) is 20.8 Å². The molecule has 0 unspecified atom stereocenters. The molecule has 1 aliphatic rings. The number of amides is 1. The van der Waals surface area contributed by atoms with E-state index in [4.69, 9.17) is 0 Å². The molecule has 0 bridgehead atoms. The highest BCUT2D eigenvalue weighted by molar-refractivity contribution is 7.89. The Hall–Kier alpha value is -2.40. The van der Waals surface area contributed by atoms with Gasteiger partial charge in [-0.1, -0.05) is 41.5 Å². The van der Waals surface area contributed by atoms with E-state index in [0.29, 0.717) is 6.42 Å². The Morgan fingerprint density at radius 3 is 2.20 bits per heavy atom. The second-order valence-electron chi connectivity index (χ2n) is 6.47. The monoisotopic (exact) mass is 355 g/mol. The second-order valence-corrected chi connectivity index (χ2v) is 8.33. The number of aryl methyl sites for hydroxylation is 3. The fraction of sp³-hybridized carbons (Fsp3) is 0.250. The number of rotatable bonds is 3. The number of nitrogens with zero attached hydrogens (tertiary/aromatic N) is 1. The molecular formula is C20H21NO3S. The van der Waals surface area contributed by atoms with E-state index in [-0.39, 0.29) is 11.4 Å². The number of carbonyl (C=O) groups is 1. The van der Waals surface area contributed by atoms with E-state index in [0.717, 1.165) is 32.1 Å². The molecule has 0 fully saturated rings. The average molecular weight is 355 g/mol. The van der Waals surface area contributed by atoms with Crippen molar-refractivity contribution >= 4 is 21.5 Å². The molecule has 1 heterocycles. The van der Waals surface area contributed by atoms with Crippen molar-refractivity contribution in [3.05, 3.63) is 70.8 Å². The van der Waals surface area contributed by atoms with Crippen LogP contribution in [0.1, 0.15) is 28.7 Å². The molecule has 0 atom stereocenters. The van der Waals surface area contributed by atoms with Crippen LogP contribution in [-0.4, -0.2) is 25.2 Å². The Morgan fingerprint density at radius 1 is 0.920 bits per heavy atom. The van der Waals surface area contributed by atoms with Gasteiger partial charge in [0, 0.05) is 12.6 Å². The van der Waals surface area contributed by atoms with Crippen LogP contribution >= 0.6 is 0 Å². The third-order valence-corrected chi connectivity index (χ3v) is 6.29. The van der Waals surface area contributed by atoms with E-state index >= 15 is 0 Å². The lowest BCUT2D eigenvalue weighted by Crippen LogP contribution is -2.39. The van der Waals surface area contributed by atoms with Crippen LogP contribution in [0.2, 0.25) is 0 Å². The summed E-state index contributed by atoms with van der Waals surface area (Å²) in [6.07, 6.45) is 1.97. The lowest BCUT2D eigenvalue weighted by Gasteiger charge is -2.26. The van der Waals surface area contributed by atoms with Crippen molar-refractivity contribution in [3.8, 4) is 0 Å². The summed E-state index contributed by atoms with van der Waals surface area (Å²) >= 11 is 0. The summed E-state index contributed by atoms with van der Waals surface area (Å²) in [5.41, 5.74) is 5.08. The molecule has 5 heteroatoms. The maximum Gasteiger partial charge on any atom is 0.266 e. The minimum Gasteiger partial charge on any atom is -0.269 e. The molecule has 0 spiro atoms. The Bertz CT molecular complexity index is 957. The van der Waals surface area contributed by atoms with Crippen molar-refractivity contribution in [1.29, 1.82) is 0 Å². The smallest absolute Gasteiger partial charge is 0.266 e. The normalized spacial score (nSPS) is 15.2. The predicted octanol–water partition coefficient (Wildman–Crippen LogP) is 3.62. The van der Waals surface area contributed by atoms with Crippen LogP contribution in [0.25, 0.3) is 5.57 Å². The van der Waals surface area contributed by atoms with Crippen molar-refractivity contribution in [2.24, 2.45) is 0 Å². The minimum absolute atomic E-state index is 0.148. The van der Waals surface area contributed by atoms with Crippen LogP contribution < -0.4 is 0 Å². The number of carbonyl (C=O) groups excluding carboxylic acids is 1. The Kier molecular flexibility index (Phi) is 4.52. The second kappa shape index (κ2) is 6.48. The SMILES string of the molecule is Cc1ccc(S(=O)(=O)N2CCC(c3cc(C)ccc3C)=CC2=O)cc1. The predicted molar refractivity (Wildman–Crippen MR) is 98.6 cm³/mol. The molecule has 130 valence electrons. The van der Waals surface area contributed by atoms with E-state index in [9.17, 15) is 13.2 Å². The summed E-state index contributed by atoms with van der Waals surface area (Å²) in [5, 5.41) is 0. The molecule has 3 rings (SSSR count). The van der Waals surface area contributed by atoms with Gasteiger partial charge in [-0.25, -0.2) is 12.7 Å². The molecule has 0 saturated carbocycles. The van der Waals surface area contributed by atoms with E-state index < -0.39 is 15.9 Å². The highest BCUT2D eigenvalue weighted by Gasteiger charge is 2.31. The van der Waals surface area contributed by atoms with Crippen molar-refractivity contribution in [1.82, 2.24) is 4.31 Å². The molecule has 2 aromatic carbocycles. The first kappa shape index (κ1) is 17.4. The number of hydrogen-bond acceptors (Lipinski definition) is 3. The molecule has 4 nitrogen and oxygen atoms in total. The molecule has 0 aromatic heterocycles. The third-order valence-electron chi connectivity index (χ3n) is 4.48. The van der Waals surface area contributed by atoms with Gasteiger partial charge in [0.05, 0.1) is 4.90 Å². The fourth-order valence-electron chi connectivity index (χ4n) is 3.00. The fourth-order valence-corrected chi connectivity index (χ4v) is 4.35. The quantitative estimate of drug-likeness (QED) is 0.845. The summed E-state index contributed by atoms with van der Waals surface area (Å²) in [6.45, 7) is 6.05. The average Bonchev–Trinajstić information content (AvgIpc) is 2.57. The maximum atomic E-state index is 12.7. The van der Waals surface area contributed by atoms with Gasteiger partial charge in [-0.15, -0.1) is 0 Å². The van der Waals surface area contributed by atoms with Crippen LogP contribution in [0.15, 0.2) is 53.4 Å². The lowest BCUT2D eigenvalue weighted by atomic mass is 9.94. The van der Waals surface area contributed by atoms with Crippen LogP contribution in [-0.2, 0) is 14.8 Å². The molecular weight excluding hydrogens is 334 g/mol. The maximum absolute atomic E-state index is 12.7. The van der Waals surface area contributed by atoms with Crippen LogP contribution in [0.5, 0.6) is 0 Å². The van der Waals surface area contributed by atoms with E-state index in [2.05, 4.69) is 0 Å². The molecule has 0 N–H and O–H groups in total. The van der Waals surface area contributed by atoms with Crippen LogP contribution in [0.3, 0.4) is 0 Å². The first-order chi connectivity index (χ1) is 11.8. The van der Waals surface area contributed by atoms with Gasteiger partial charge in [-0.05, 0) is 56.0 Å². The van der Waals surface area contributed by atoms with Gasteiger partial charge in [0.25, 0.3) is 15.9 Å². The van der Waals surface area contributed by atoms with Gasteiger partial charge < -0.3 is 0 Å². The van der Waals surface area contributed by atoms with E-state index in [1.54, 1.807) is 24.3 Å². The summed E-state index contributed by atoms with van der Waals surface area (Å²) in [6, 6.07) is 12.6. The van der Waals surface area contributed by atoms with E-state index in [1.807, 2.05) is 39.0 Å². The molecule has 2 aromatic rings. The van der Waals surface area contributed by atoms with Gasteiger partial charge in [0.1, 0.15) is 0 Å². The van der Waals surface area contributed by atoms with Gasteiger partial charge in [0.2, 0.25) is 0 Å². The largest absolute Gasteiger partial charge is 0.269 e. The first-order valence-electron chi connectivity index (χ1n) is 8.20. The van der Waals surface area contributed by atoms with Gasteiger partial charge >= 0.3 is 0 Å². The summed E-state index contributed by atoms with van der Waals surface area (Å²) in [7, 11) is -3.81. The summed E-state index contributed by atoms with van der Waals surface area (Å²) in [5.74, 6) is -0.484. The molecule has 1 amide bonds. The molecule has 25 heavy (non-hydrogen) atoms. The number of sulfonamides is 1. The Morgan fingerprint density at radius 2 is 1.56 bits per heavy atom. The summed E-state index contributed by atoms with van der Waals surface area (Å²) in [4.78, 5) is 12.7. The molecule has 0 saturated heterocycles. The summed E-state index contributed by atoms with van der Waals surface area (Å²) < 4.78 is 26.5. The number of hydrogen-bond donors (Lipinski definition) is 0. The van der Waals surface area contributed by atoms with Gasteiger partial charge in [-0.3, -0.25) is 4.79 Å². The van der Waals surface area contributed by atoms with Crippen molar-refractivity contribution in [2.45, 2.75) is 32.1 Å². The minimum atomic E-state index is -3.81. The zero-order chi connectivity index (χ0) is 18.2. The van der Waals surface area contributed by atoms with Gasteiger partial charge in [0.15, 0.2) is 0 Å². The highest BCUT2D eigenvalue weighted by atomic mass is 32.2. The van der Waals surface area contributed by atoms with Crippen molar-refractivity contribution < 1.29 is 13.2 Å². The Labute approximate surface area is 148 Å². The lowest BCUT2D eigenvalue weighted by molar-refractivity contribution is -0.121. The third kappa shape index (κ3) is 3.37. The first-order valence-corrected chi connectivity index (χ1v) is 9.64. The Balaban J connectivity index is 1.93. The molecule has 1 aliphatic heterocycles. The topological polar surface area (TPSA) is 54.5 Å². The van der Waals surface area contributed by atoms with E-state index in [1.165, 1.54) is 6.08 Å². The van der Waals surface area contributed by atoms with Gasteiger partial charge in [-0.2, -0.15) is 0 Å². The standard InChI is InChI=1S/C20H21NO3S/c1-14-5-8-18(9-6-14)25(23,24)21-11-10-17(13-20(21)22)19-12-15(2)4-7-16(19)3/h4-9,12-13H,10-11H2,1-3H3. The zero-order valence-electron chi connectivity index (χ0n) is 14.6. The van der Waals surface area contributed by atoms with Crippen LogP contribution in [0.4, 0.5) is 0 Å².